The van der Waals surface area contributed by atoms with Crippen LogP contribution in [0.4, 0.5) is 33.4 Å². The molecular weight excluding hydrogens is 667 g/mol. The summed E-state index contributed by atoms with van der Waals surface area (Å²) in [4.78, 5) is 5.07. The van der Waals surface area contributed by atoms with E-state index in [2.05, 4.69) is 171 Å². The minimum atomic E-state index is -0.00558. The van der Waals surface area contributed by atoms with Gasteiger partial charge in [0.25, 0.3) is 6.71 Å². The van der Waals surface area contributed by atoms with Gasteiger partial charge in [0, 0.05) is 33.0 Å². The fourth-order valence-electron chi connectivity index (χ4n) is 8.70. The summed E-state index contributed by atoms with van der Waals surface area (Å²) in [5, 5.41) is 2.62. The fraction of sp³-hybridized carbons (Fsp3) is 0.319. The van der Waals surface area contributed by atoms with E-state index in [0.29, 0.717) is 0 Å². The number of benzene rings is 5. The topological polar surface area (TPSA) is 24.9 Å². The van der Waals surface area contributed by atoms with Crippen molar-refractivity contribution >= 4 is 78.0 Å². The third kappa shape index (κ3) is 5.16. The summed E-state index contributed by atoms with van der Waals surface area (Å²) in [6.07, 6.45) is 0. The van der Waals surface area contributed by atoms with Gasteiger partial charge < -0.3 is 19.3 Å². The first-order chi connectivity index (χ1) is 25.0. The maximum atomic E-state index is 6.13. The molecule has 0 atom stereocenters. The van der Waals surface area contributed by atoms with Gasteiger partial charge in [-0.3, -0.25) is 0 Å². The molecule has 0 spiro atoms. The van der Waals surface area contributed by atoms with E-state index in [0.717, 1.165) is 17.1 Å². The van der Waals surface area contributed by atoms with Gasteiger partial charge in [-0.05, 0) is 117 Å². The predicted octanol–water partition coefficient (Wildman–Crippen LogP) is 11.2. The molecule has 6 aromatic rings. The number of aryl methyl sites for hydroxylation is 1. The van der Waals surface area contributed by atoms with E-state index in [1.54, 1.807) is 0 Å². The molecule has 5 aromatic carbocycles. The van der Waals surface area contributed by atoms with Crippen LogP contribution in [0, 0.1) is 13.8 Å². The Bertz CT molecular complexity index is 2480. The maximum absolute atomic E-state index is 6.13. The Morgan fingerprint density at radius 3 is 1.92 bits per heavy atom. The molecule has 0 unspecified atom stereocenters. The van der Waals surface area contributed by atoms with Crippen molar-refractivity contribution in [3.05, 3.63) is 113 Å². The van der Waals surface area contributed by atoms with Crippen LogP contribution in [0.5, 0.6) is 11.5 Å². The van der Waals surface area contributed by atoms with Gasteiger partial charge in [-0.1, -0.05) is 105 Å². The van der Waals surface area contributed by atoms with Crippen molar-refractivity contribution in [2.45, 2.75) is 92.4 Å². The van der Waals surface area contributed by atoms with Gasteiger partial charge in [-0.15, -0.1) is 11.3 Å². The van der Waals surface area contributed by atoms with Gasteiger partial charge in [-0.25, -0.2) is 0 Å². The first-order valence-electron chi connectivity index (χ1n) is 19.0. The quantitative estimate of drug-likeness (QED) is 0.166. The number of ether oxygens (including phenoxy) is 2. The number of hydrogen-bond acceptors (Lipinski definition) is 5. The summed E-state index contributed by atoms with van der Waals surface area (Å²) in [5.41, 5.74) is 16.5. The summed E-state index contributed by atoms with van der Waals surface area (Å²) in [7, 11) is 0. The standard InChI is InChI=1S/C47H49BN2O2S/c1-27-23-38-43(52-26-51-38)28(2)42(27)50-37-14-12-13-36-41(37)48(40-33-24-30(46(6,7)8)18-22-39(33)53-44(40)50)34-25-31(47(9,10)11)17-21-35(34)49(36)32-19-15-29(16-20-32)45(3,4)5/h12-25H,26H2,1-11H3. The predicted molar refractivity (Wildman–Crippen MR) is 228 cm³/mol. The van der Waals surface area contributed by atoms with Crippen LogP contribution in [0.2, 0.25) is 0 Å². The molecular formula is C47H49BN2O2S. The van der Waals surface area contributed by atoms with Crippen molar-refractivity contribution in [3.8, 4) is 11.5 Å². The highest BCUT2D eigenvalue weighted by Crippen LogP contribution is 2.52. The Hall–Kier alpha value is -4.68. The lowest BCUT2D eigenvalue weighted by molar-refractivity contribution is 0.173. The van der Waals surface area contributed by atoms with E-state index < -0.39 is 0 Å². The molecule has 53 heavy (non-hydrogen) atoms. The summed E-state index contributed by atoms with van der Waals surface area (Å²) in [6.45, 7) is 25.5. The van der Waals surface area contributed by atoms with Gasteiger partial charge >= 0.3 is 0 Å². The molecule has 0 amide bonds. The Labute approximate surface area is 319 Å². The normalized spacial score (nSPS) is 14.8. The van der Waals surface area contributed by atoms with E-state index in [1.165, 1.54) is 82.2 Å². The zero-order chi connectivity index (χ0) is 37.4. The number of anilines is 6. The highest BCUT2D eigenvalue weighted by Gasteiger charge is 2.46. The molecule has 268 valence electrons. The highest BCUT2D eigenvalue weighted by atomic mass is 32.1. The van der Waals surface area contributed by atoms with Crippen LogP contribution < -0.4 is 35.7 Å². The Morgan fingerprint density at radius 1 is 0.623 bits per heavy atom. The van der Waals surface area contributed by atoms with Gasteiger partial charge in [0.15, 0.2) is 11.5 Å². The average molecular weight is 717 g/mol. The smallest absolute Gasteiger partial charge is 0.254 e. The van der Waals surface area contributed by atoms with Crippen LogP contribution >= 0.6 is 11.3 Å². The van der Waals surface area contributed by atoms with Crippen molar-refractivity contribution in [3.63, 3.8) is 0 Å². The van der Waals surface area contributed by atoms with Crippen LogP contribution in [0.25, 0.3) is 10.1 Å². The van der Waals surface area contributed by atoms with Crippen molar-refractivity contribution < 1.29 is 9.47 Å². The second-order valence-corrected chi connectivity index (χ2v) is 19.3. The van der Waals surface area contributed by atoms with E-state index in [9.17, 15) is 0 Å². The van der Waals surface area contributed by atoms with Crippen LogP contribution in [0.3, 0.4) is 0 Å². The lowest BCUT2D eigenvalue weighted by atomic mass is 9.33. The molecule has 4 nitrogen and oxygen atoms in total. The molecule has 6 heteroatoms. The fourth-order valence-corrected chi connectivity index (χ4v) is 9.95. The molecule has 0 fully saturated rings. The number of hydrogen-bond donors (Lipinski definition) is 0. The minimum Gasteiger partial charge on any atom is -0.454 e. The summed E-state index contributed by atoms with van der Waals surface area (Å²) in [5.74, 6) is 1.67. The number of thiophene rings is 1. The minimum absolute atomic E-state index is 0.00558. The van der Waals surface area contributed by atoms with Crippen molar-refractivity contribution in [1.29, 1.82) is 0 Å². The molecule has 0 saturated heterocycles. The molecule has 0 N–H and O–H groups in total. The monoisotopic (exact) mass is 716 g/mol. The lowest BCUT2D eigenvalue weighted by Crippen LogP contribution is -2.61. The Balaban J connectivity index is 1.40. The Kier molecular flexibility index (Phi) is 7.35. The molecule has 0 bridgehead atoms. The molecule has 0 aliphatic carbocycles. The Morgan fingerprint density at radius 2 is 1.25 bits per heavy atom. The van der Waals surface area contributed by atoms with Crippen LogP contribution in [0.1, 0.15) is 90.1 Å². The van der Waals surface area contributed by atoms with Gasteiger partial charge in [-0.2, -0.15) is 0 Å². The van der Waals surface area contributed by atoms with E-state index in [4.69, 9.17) is 9.47 Å². The van der Waals surface area contributed by atoms with Crippen LogP contribution in [0.15, 0.2) is 84.9 Å². The van der Waals surface area contributed by atoms with E-state index >= 15 is 0 Å². The first kappa shape index (κ1) is 34.1. The lowest BCUT2D eigenvalue weighted by Gasteiger charge is -2.44. The largest absolute Gasteiger partial charge is 0.454 e. The van der Waals surface area contributed by atoms with Crippen molar-refractivity contribution in [2.24, 2.45) is 0 Å². The second-order valence-electron chi connectivity index (χ2n) is 18.3. The third-order valence-electron chi connectivity index (χ3n) is 11.6. The van der Waals surface area contributed by atoms with Gasteiger partial charge in [0.05, 0.1) is 10.7 Å². The number of rotatable bonds is 2. The number of nitrogens with zero attached hydrogens (tertiary/aromatic N) is 2. The molecule has 0 radical (unpaired) electrons. The molecule has 9 rings (SSSR count). The SMILES string of the molecule is Cc1cc2c(c(C)c1N1c3cccc4c3B(c3cc(C(C)(C)C)ccc3N4c3ccc(C(C)(C)C)cc3)c3c1sc1ccc(C(C)(C)C)cc31)OCO2. The summed E-state index contributed by atoms with van der Waals surface area (Å²) >= 11 is 1.91. The number of fused-ring (bicyclic) bond motifs is 7. The molecule has 4 heterocycles. The van der Waals surface area contributed by atoms with E-state index in [-0.39, 0.29) is 29.8 Å². The molecule has 3 aliphatic rings. The first-order valence-corrected chi connectivity index (χ1v) is 19.8. The van der Waals surface area contributed by atoms with Gasteiger partial charge in [0.2, 0.25) is 6.79 Å². The van der Waals surface area contributed by atoms with E-state index in [1.807, 2.05) is 11.3 Å². The third-order valence-corrected chi connectivity index (χ3v) is 12.8. The van der Waals surface area contributed by atoms with Crippen molar-refractivity contribution in [2.75, 3.05) is 16.6 Å². The molecule has 1 aromatic heterocycles. The van der Waals surface area contributed by atoms with Crippen molar-refractivity contribution in [1.82, 2.24) is 0 Å². The van der Waals surface area contributed by atoms with Crippen LogP contribution in [-0.2, 0) is 16.2 Å². The van der Waals surface area contributed by atoms with Crippen LogP contribution in [-0.4, -0.2) is 13.5 Å². The average Bonchev–Trinajstić information content (AvgIpc) is 3.72. The zero-order valence-corrected chi connectivity index (χ0v) is 33.8. The molecule has 3 aliphatic heterocycles. The maximum Gasteiger partial charge on any atom is 0.254 e. The summed E-state index contributed by atoms with van der Waals surface area (Å²) in [6, 6.07) is 32.8. The zero-order valence-electron chi connectivity index (χ0n) is 33.0. The molecule has 0 saturated carbocycles. The highest BCUT2D eigenvalue weighted by molar-refractivity contribution is 7.26. The summed E-state index contributed by atoms with van der Waals surface area (Å²) < 4.78 is 13.4. The van der Waals surface area contributed by atoms with Gasteiger partial charge in [0.1, 0.15) is 0 Å². The second kappa shape index (κ2) is 11.4.